The highest BCUT2D eigenvalue weighted by atomic mass is 79.9. The summed E-state index contributed by atoms with van der Waals surface area (Å²) >= 11 is 0. The van der Waals surface area contributed by atoms with E-state index in [2.05, 4.69) is 19.2 Å². The van der Waals surface area contributed by atoms with Gasteiger partial charge in [0.05, 0.1) is 12.7 Å². The first-order valence-electron chi connectivity index (χ1n) is 8.67. The largest absolute Gasteiger partial charge is 0.375 e. The van der Waals surface area contributed by atoms with Crippen molar-refractivity contribution in [3.05, 3.63) is 0 Å². The molecule has 0 amide bonds. The normalized spacial score (nSPS) is 20.4. The highest BCUT2D eigenvalue weighted by Gasteiger charge is 2.19. The van der Waals surface area contributed by atoms with Gasteiger partial charge in [-0.05, 0) is 12.3 Å². The number of nitrogens with one attached hydrogen (secondary N) is 1. The van der Waals surface area contributed by atoms with E-state index in [-0.39, 0.29) is 17.0 Å². The molecule has 0 saturated carbocycles. The Kier molecular flexibility index (Phi) is 14.6. The summed E-state index contributed by atoms with van der Waals surface area (Å²) in [5, 5.41) is 3.43. The van der Waals surface area contributed by atoms with E-state index in [1.54, 1.807) is 0 Å². The average molecular weight is 350 g/mol. The molecule has 1 saturated heterocycles. The molecule has 1 aliphatic heterocycles. The Bertz CT molecular complexity index is 195. The number of hydrogen-bond acceptors (Lipinski definition) is 2. The predicted molar refractivity (Wildman–Crippen MR) is 93.9 cm³/mol. The van der Waals surface area contributed by atoms with Crippen molar-refractivity contribution in [3.63, 3.8) is 0 Å². The van der Waals surface area contributed by atoms with E-state index in [0.717, 1.165) is 25.6 Å². The highest BCUT2D eigenvalue weighted by Crippen LogP contribution is 2.18. The lowest BCUT2D eigenvalue weighted by Gasteiger charge is -2.28. The lowest BCUT2D eigenvalue weighted by atomic mass is 9.96. The zero-order valence-electron chi connectivity index (χ0n) is 13.7. The van der Waals surface area contributed by atoms with Gasteiger partial charge in [-0.3, -0.25) is 0 Å². The average Bonchev–Trinajstić information content (AvgIpc) is 2.46. The van der Waals surface area contributed by atoms with Crippen LogP contribution in [0.4, 0.5) is 0 Å². The van der Waals surface area contributed by atoms with E-state index in [0.29, 0.717) is 6.10 Å². The first-order valence-corrected chi connectivity index (χ1v) is 8.67. The molecule has 122 valence electrons. The topological polar surface area (TPSA) is 21.3 Å². The monoisotopic (exact) mass is 349 g/mol. The van der Waals surface area contributed by atoms with Gasteiger partial charge in [0, 0.05) is 13.1 Å². The number of ether oxygens (including phenoxy) is 1. The molecule has 0 aliphatic carbocycles. The van der Waals surface area contributed by atoms with E-state index in [4.69, 9.17) is 4.74 Å². The lowest BCUT2D eigenvalue weighted by Crippen LogP contribution is -2.41. The first kappa shape index (κ1) is 20.4. The van der Waals surface area contributed by atoms with Crippen molar-refractivity contribution in [2.75, 3.05) is 19.7 Å². The van der Waals surface area contributed by atoms with Gasteiger partial charge in [-0.15, -0.1) is 17.0 Å². The summed E-state index contributed by atoms with van der Waals surface area (Å²) in [6.07, 6.45) is 14.6. The van der Waals surface area contributed by atoms with Gasteiger partial charge in [-0.1, -0.05) is 71.6 Å². The summed E-state index contributed by atoms with van der Waals surface area (Å²) in [5.41, 5.74) is 0. The number of hydrogen-bond donors (Lipinski definition) is 1. The maximum atomic E-state index is 5.81. The molecule has 1 aliphatic rings. The van der Waals surface area contributed by atoms with Crippen LogP contribution in [-0.4, -0.2) is 25.8 Å². The standard InChI is InChI=1S/C17H35NO.BrH/c1-3-4-5-6-7-8-9-10-11-12-16(2)17-15-18-13-14-19-17;/h16-18H,3-15H2,1-2H3;1H. The Morgan fingerprint density at radius 1 is 1.00 bits per heavy atom. The quantitative estimate of drug-likeness (QED) is 0.523. The zero-order valence-corrected chi connectivity index (χ0v) is 15.4. The maximum absolute atomic E-state index is 5.81. The Hall–Kier alpha value is 0.400. The Morgan fingerprint density at radius 2 is 1.60 bits per heavy atom. The van der Waals surface area contributed by atoms with E-state index >= 15 is 0 Å². The molecule has 20 heavy (non-hydrogen) atoms. The highest BCUT2D eigenvalue weighted by molar-refractivity contribution is 8.93. The van der Waals surface area contributed by atoms with E-state index in [1.807, 2.05) is 0 Å². The van der Waals surface area contributed by atoms with Gasteiger partial charge < -0.3 is 10.1 Å². The number of morpholine rings is 1. The molecule has 1 N–H and O–H groups in total. The summed E-state index contributed by atoms with van der Waals surface area (Å²) in [7, 11) is 0. The zero-order chi connectivity index (χ0) is 13.8. The lowest BCUT2D eigenvalue weighted by molar-refractivity contribution is -0.00692. The van der Waals surface area contributed by atoms with Crippen LogP contribution >= 0.6 is 17.0 Å². The summed E-state index contributed by atoms with van der Waals surface area (Å²) in [5.74, 6) is 0.720. The third-order valence-electron chi connectivity index (χ3n) is 4.35. The third kappa shape index (κ3) is 10.2. The molecule has 3 heteroatoms. The minimum absolute atomic E-state index is 0. The van der Waals surface area contributed by atoms with Crippen molar-refractivity contribution in [1.29, 1.82) is 0 Å². The van der Waals surface area contributed by atoms with E-state index < -0.39 is 0 Å². The van der Waals surface area contributed by atoms with Crippen molar-refractivity contribution in [2.45, 2.75) is 84.2 Å². The van der Waals surface area contributed by atoms with Gasteiger partial charge in [0.2, 0.25) is 0 Å². The number of rotatable bonds is 11. The first-order chi connectivity index (χ1) is 9.34. The molecule has 1 rings (SSSR count). The number of unbranched alkanes of at least 4 members (excludes halogenated alkanes) is 8. The molecule has 2 atom stereocenters. The molecule has 0 aromatic heterocycles. The number of halogens is 1. The van der Waals surface area contributed by atoms with Crippen molar-refractivity contribution >= 4 is 17.0 Å². The molecule has 2 unspecified atom stereocenters. The second-order valence-corrected chi connectivity index (χ2v) is 6.21. The van der Waals surface area contributed by atoms with Gasteiger partial charge in [0.25, 0.3) is 0 Å². The second-order valence-electron chi connectivity index (χ2n) is 6.21. The van der Waals surface area contributed by atoms with E-state index in [1.165, 1.54) is 64.2 Å². The van der Waals surface area contributed by atoms with Crippen LogP contribution in [0.2, 0.25) is 0 Å². The van der Waals surface area contributed by atoms with Crippen LogP contribution in [0.25, 0.3) is 0 Å². The van der Waals surface area contributed by atoms with Crippen LogP contribution in [0.1, 0.15) is 78.1 Å². The fraction of sp³-hybridized carbons (Fsp3) is 1.00. The van der Waals surface area contributed by atoms with Crippen LogP contribution in [0.3, 0.4) is 0 Å². The van der Waals surface area contributed by atoms with Crippen molar-refractivity contribution in [1.82, 2.24) is 5.32 Å². The molecular formula is C17H36BrNO. The van der Waals surface area contributed by atoms with Crippen molar-refractivity contribution in [2.24, 2.45) is 5.92 Å². The smallest absolute Gasteiger partial charge is 0.0725 e. The fourth-order valence-electron chi connectivity index (χ4n) is 2.91. The van der Waals surface area contributed by atoms with Gasteiger partial charge >= 0.3 is 0 Å². The molecule has 0 radical (unpaired) electrons. The summed E-state index contributed by atoms with van der Waals surface area (Å²) < 4.78 is 5.81. The van der Waals surface area contributed by atoms with Gasteiger partial charge in [-0.2, -0.15) is 0 Å². The third-order valence-corrected chi connectivity index (χ3v) is 4.35. The summed E-state index contributed by atoms with van der Waals surface area (Å²) in [6.45, 7) is 7.61. The molecule has 2 nitrogen and oxygen atoms in total. The molecular weight excluding hydrogens is 314 g/mol. The Balaban J connectivity index is 0.00000361. The van der Waals surface area contributed by atoms with Gasteiger partial charge in [0.1, 0.15) is 0 Å². The SMILES string of the molecule is Br.CCCCCCCCCCCC(C)C1CNCCO1. The molecule has 0 aromatic rings. The summed E-state index contributed by atoms with van der Waals surface area (Å²) in [6, 6.07) is 0. The Labute approximate surface area is 137 Å². The van der Waals surface area contributed by atoms with Crippen LogP contribution in [-0.2, 0) is 4.74 Å². The Morgan fingerprint density at radius 3 is 2.15 bits per heavy atom. The van der Waals surface area contributed by atoms with Crippen LogP contribution in [0.5, 0.6) is 0 Å². The van der Waals surface area contributed by atoms with Gasteiger partial charge in [-0.25, -0.2) is 0 Å². The minimum atomic E-state index is 0. The molecule has 0 aromatic carbocycles. The fourth-order valence-corrected chi connectivity index (χ4v) is 2.91. The predicted octanol–water partition coefficient (Wildman–Crippen LogP) is 5.11. The van der Waals surface area contributed by atoms with Crippen LogP contribution in [0, 0.1) is 5.92 Å². The minimum Gasteiger partial charge on any atom is -0.375 e. The van der Waals surface area contributed by atoms with Crippen molar-refractivity contribution in [3.8, 4) is 0 Å². The van der Waals surface area contributed by atoms with Gasteiger partial charge in [0.15, 0.2) is 0 Å². The van der Waals surface area contributed by atoms with E-state index in [9.17, 15) is 0 Å². The molecule has 1 fully saturated rings. The van der Waals surface area contributed by atoms with Crippen molar-refractivity contribution < 1.29 is 4.74 Å². The second kappa shape index (κ2) is 14.3. The molecule has 1 heterocycles. The molecule has 0 bridgehead atoms. The van der Waals surface area contributed by atoms with Crippen LogP contribution in [0.15, 0.2) is 0 Å². The summed E-state index contributed by atoms with van der Waals surface area (Å²) in [4.78, 5) is 0. The molecule has 0 spiro atoms. The maximum Gasteiger partial charge on any atom is 0.0725 e. The van der Waals surface area contributed by atoms with Crippen LogP contribution < -0.4 is 5.32 Å².